The van der Waals surface area contributed by atoms with Crippen LogP contribution < -0.4 is 5.32 Å². The third kappa shape index (κ3) is 4.49. The minimum absolute atomic E-state index is 0.246. The molecule has 1 atom stereocenters. The Kier molecular flexibility index (Phi) is 5.55. The quantitative estimate of drug-likeness (QED) is 0.865. The first-order valence-electron chi connectivity index (χ1n) is 8.73. The summed E-state index contributed by atoms with van der Waals surface area (Å²) in [6, 6.07) is 4.13. The molecule has 0 spiro atoms. The fourth-order valence-electron chi connectivity index (χ4n) is 3.30. The van der Waals surface area contributed by atoms with Crippen LogP contribution in [0.3, 0.4) is 0 Å². The first kappa shape index (κ1) is 17.7. The average molecular weight is 342 g/mol. The molecule has 0 radical (unpaired) electrons. The molecule has 7 heteroatoms. The number of nitrogens with zero attached hydrogens (tertiary/aromatic N) is 5. The molecule has 0 saturated carbocycles. The van der Waals surface area contributed by atoms with Crippen molar-refractivity contribution in [1.82, 2.24) is 24.8 Å². The number of rotatable bonds is 6. The molecule has 1 aliphatic heterocycles. The summed E-state index contributed by atoms with van der Waals surface area (Å²) in [7, 11) is 1.74. The van der Waals surface area contributed by atoms with Crippen LogP contribution in [0.15, 0.2) is 12.1 Å². The van der Waals surface area contributed by atoms with Crippen molar-refractivity contribution in [3.63, 3.8) is 0 Å². The minimum Gasteiger partial charge on any atom is -0.383 e. The van der Waals surface area contributed by atoms with E-state index in [4.69, 9.17) is 9.72 Å². The van der Waals surface area contributed by atoms with Crippen LogP contribution in [-0.4, -0.2) is 51.6 Å². The van der Waals surface area contributed by atoms with Gasteiger partial charge < -0.3 is 10.1 Å². The van der Waals surface area contributed by atoms with Crippen molar-refractivity contribution in [3.8, 4) is 0 Å². The normalized spacial score (nSPS) is 17.8. The van der Waals surface area contributed by atoms with Crippen molar-refractivity contribution in [2.24, 2.45) is 0 Å². The van der Waals surface area contributed by atoms with E-state index in [1.54, 1.807) is 7.11 Å². The van der Waals surface area contributed by atoms with Gasteiger partial charge in [-0.25, -0.2) is 19.9 Å². The smallest absolute Gasteiger partial charge is 0.228 e. The summed E-state index contributed by atoms with van der Waals surface area (Å²) in [5, 5.41) is 3.23. The Morgan fingerprint density at radius 1 is 1.08 bits per heavy atom. The van der Waals surface area contributed by atoms with E-state index in [1.165, 1.54) is 0 Å². The molecule has 2 aromatic rings. The highest BCUT2D eigenvalue weighted by molar-refractivity contribution is 5.48. The van der Waals surface area contributed by atoms with Crippen molar-refractivity contribution in [2.45, 2.75) is 39.7 Å². The number of anilines is 2. The predicted molar refractivity (Wildman–Crippen MR) is 97.0 cm³/mol. The van der Waals surface area contributed by atoms with Crippen LogP contribution in [-0.2, 0) is 4.74 Å². The summed E-state index contributed by atoms with van der Waals surface area (Å²) in [5.41, 5.74) is 2.81. The summed E-state index contributed by atoms with van der Waals surface area (Å²) < 4.78 is 5.23. The summed E-state index contributed by atoms with van der Waals surface area (Å²) >= 11 is 0. The van der Waals surface area contributed by atoms with Crippen molar-refractivity contribution >= 4 is 11.8 Å². The number of ether oxygens (including phenoxy) is 1. The van der Waals surface area contributed by atoms with Gasteiger partial charge in [-0.2, -0.15) is 0 Å². The lowest BCUT2D eigenvalue weighted by Gasteiger charge is -2.23. The Morgan fingerprint density at radius 3 is 2.52 bits per heavy atom. The van der Waals surface area contributed by atoms with Gasteiger partial charge in [0.15, 0.2) is 0 Å². The van der Waals surface area contributed by atoms with Crippen molar-refractivity contribution in [3.05, 3.63) is 35.0 Å². The second kappa shape index (κ2) is 7.84. The van der Waals surface area contributed by atoms with E-state index in [0.29, 0.717) is 5.95 Å². The van der Waals surface area contributed by atoms with Gasteiger partial charge in [0.05, 0.1) is 12.6 Å². The van der Waals surface area contributed by atoms with Crippen LogP contribution in [0.4, 0.5) is 11.8 Å². The highest BCUT2D eigenvalue weighted by Gasteiger charge is 2.28. The third-order valence-electron chi connectivity index (χ3n) is 4.34. The molecule has 0 aliphatic carbocycles. The number of methoxy groups -OCH3 is 1. The predicted octanol–water partition coefficient (Wildman–Crippen LogP) is 2.72. The number of aryl methyl sites for hydroxylation is 3. The standard InChI is InChI=1S/C18H26N6O/c1-12-10-13(2)21-18(20-12)23-16-11-14(3)19-17(22-16)15-6-5-7-24(15)8-9-25-4/h10-11,15H,5-9H2,1-4H3,(H,19,20,21,22,23)/t15-/m0/s1. The second-order valence-corrected chi connectivity index (χ2v) is 6.54. The molecule has 1 aliphatic rings. The molecule has 0 bridgehead atoms. The van der Waals surface area contributed by atoms with Gasteiger partial charge in [0.25, 0.3) is 0 Å². The SMILES string of the molecule is COCCN1CCC[C@H]1c1nc(C)cc(Nc2nc(C)cc(C)n2)n1. The van der Waals surface area contributed by atoms with Crippen molar-refractivity contribution in [1.29, 1.82) is 0 Å². The fourth-order valence-corrected chi connectivity index (χ4v) is 3.30. The van der Waals surface area contributed by atoms with Gasteiger partial charge in [0, 0.05) is 36.8 Å². The van der Waals surface area contributed by atoms with Crippen LogP contribution in [0, 0.1) is 20.8 Å². The Labute approximate surface area is 148 Å². The van der Waals surface area contributed by atoms with Gasteiger partial charge in [0.2, 0.25) is 5.95 Å². The van der Waals surface area contributed by atoms with E-state index >= 15 is 0 Å². The van der Waals surface area contributed by atoms with Crippen LogP contribution in [0.2, 0.25) is 0 Å². The lowest BCUT2D eigenvalue weighted by molar-refractivity contribution is 0.139. The second-order valence-electron chi connectivity index (χ2n) is 6.54. The zero-order valence-electron chi connectivity index (χ0n) is 15.4. The number of hydrogen-bond donors (Lipinski definition) is 1. The van der Waals surface area contributed by atoms with Gasteiger partial charge >= 0.3 is 0 Å². The Bertz CT molecular complexity index is 715. The van der Waals surface area contributed by atoms with E-state index in [2.05, 4.69) is 25.2 Å². The molecule has 0 aromatic carbocycles. The molecular weight excluding hydrogens is 316 g/mol. The zero-order chi connectivity index (χ0) is 17.8. The van der Waals surface area contributed by atoms with Gasteiger partial charge in [-0.15, -0.1) is 0 Å². The van der Waals surface area contributed by atoms with Crippen LogP contribution in [0.25, 0.3) is 0 Å². The monoisotopic (exact) mass is 342 g/mol. The molecule has 0 amide bonds. The van der Waals surface area contributed by atoms with Gasteiger partial charge in [-0.1, -0.05) is 0 Å². The van der Waals surface area contributed by atoms with Crippen LogP contribution in [0.1, 0.15) is 41.8 Å². The van der Waals surface area contributed by atoms with Crippen LogP contribution in [0.5, 0.6) is 0 Å². The van der Waals surface area contributed by atoms with Crippen LogP contribution >= 0.6 is 0 Å². The highest BCUT2D eigenvalue weighted by atomic mass is 16.5. The summed E-state index contributed by atoms with van der Waals surface area (Å²) in [6.07, 6.45) is 2.24. The maximum Gasteiger partial charge on any atom is 0.228 e. The van der Waals surface area contributed by atoms with Gasteiger partial charge in [-0.05, 0) is 46.2 Å². The number of likely N-dealkylation sites (tertiary alicyclic amines) is 1. The molecule has 25 heavy (non-hydrogen) atoms. The lowest BCUT2D eigenvalue weighted by atomic mass is 10.2. The fraction of sp³-hybridized carbons (Fsp3) is 0.556. The maximum absolute atomic E-state index is 5.23. The van der Waals surface area contributed by atoms with Gasteiger partial charge in [0.1, 0.15) is 11.6 Å². The topological polar surface area (TPSA) is 76.1 Å². The molecule has 3 heterocycles. The molecule has 1 N–H and O–H groups in total. The first-order valence-corrected chi connectivity index (χ1v) is 8.73. The molecule has 7 nitrogen and oxygen atoms in total. The third-order valence-corrected chi connectivity index (χ3v) is 4.34. The van der Waals surface area contributed by atoms with E-state index in [1.807, 2.05) is 32.9 Å². The molecule has 134 valence electrons. The highest BCUT2D eigenvalue weighted by Crippen LogP contribution is 2.30. The number of nitrogens with one attached hydrogen (secondary N) is 1. The number of hydrogen-bond acceptors (Lipinski definition) is 7. The molecule has 1 fully saturated rings. The van der Waals surface area contributed by atoms with Gasteiger partial charge in [-0.3, -0.25) is 4.90 Å². The van der Waals surface area contributed by atoms with E-state index in [0.717, 1.165) is 61.3 Å². The lowest BCUT2D eigenvalue weighted by Crippen LogP contribution is -2.28. The van der Waals surface area contributed by atoms with E-state index in [9.17, 15) is 0 Å². The van der Waals surface area contributed by atoms with Crippen molar-refractivity contribution in [2.75, 3.05) is 32.1 Å². The van der Waals surface area contributed by atoms with E-state index in [-0.39, 0.29) is 6.04 Å². The largest absolute Gasteiger partial charge is 0.383 e. The summed E-state index contributed by atoms with van der Waals surface area (Å²) in [6.45, 7) is 8.61. The Hall–Kier alpha value is -2.12. The average Bonchev–Trinajstić information content (AvgIpc) is 2.99. The summed E-state index contributed by atoms with van der Waals surface area (Å²) in [5.74, 6) is 2.18. The minimum atomic E-state index is 0.246. The Balaban J connectivity index is 1.82. The summed E-state index contributed by atoms with van der Waals surface area (Å²) in [4.78, 5) is 20.7. The molecule has 1 saturated heterocycles. The number of aromatic nitrogens is 4. The van der Waals surface area contributed by atoms with E-state index < -0.39 is 0 Å². The van der Waals surface area contributed by atoms with Crippen molar-refractivity contribution < 1.29 is 4.74 Å². The molecular formula is C18H26N6O. The zero-order valence-corrected chi connectivity index (χ0v) is 15.4. The Morgan fingerprint density at radius 2 is 1.80 bits per heavy atom. The molecule has 2 aromatic heterocycles. The maximum atomic E-state index is 5.23. The molecule has 0 unspecified atom stereocenters. The first-order chi connectivity index (χ1) is 12.0. The molecule has 3 rings (SSSR count).